The number of amides is 1. The number of nitrogens with zero attached hydrogens (tertiary/aromatic N) is 1. The van der Waals surface area contributed by atoms with Gasteiger partial charge in [0.25, 0.3) is 11.5 Å². The number of carboxylic acid groups (broad SMARTS) is 1. The van der Waals surface area contributed by atoms with Gasteiger partial charge in [0.2, 0.25) is 0 Å². The highest BCUT2D eigenvalue weighted by atomic mass is 35.5. The lowest BCUT2D eigenvalue weighted by atomic mass is 9.92. The predicted octanol–water partition coefficient (Wildman–Crippen LogP) is 1.35. The molecule has 0 aliphatic rings. The van der Waals surface area contributed by atoms with E-state index in [4.69, 9.17) is 28.3 Å². The maximum Gasteiger partial charge on any atom is 0.350 e. The first-order chi connectivity index (χ1) is 8.21. The second-order valence-electron chi connectivity index (χ2n) is 3.84. The monoisotopic (exact) mass is 291 g/mol. The fraction of sp³-hybridized carbons (Fsp3) is 0.273. The third kappa shape index (κ3) is 2.43. The molecule has 1 aromatic rings. The topological polar surface area (TPSA) is 77.8 Å². The molecule has 98 valence electrons. The lowest BCUT2D eigenvalue weighted by Crippen LogP contribution is -2.49. The molecule has 18 heavy (non-hydrogen) atoms. The van der Waals surface area contributed by atoms with Gasteiger partial charge in [-0.15, -0.1) is 0 Å². The average Bonchev–Trinajstić information content (AvgIpc) is 2.30. The van der Waals surface area contributed by atoms with E-state index in [1.54, 1.807) is 0 Å². The minimum absolute atomic E-state index is 0.0559. The van der Waals surface area contributed by atoms with Crippen molar-refractivity contribution in [3.8, 4) is 0 Å². The summed E-state index contributed by atoms with van der Waals surface area (Å²) in [6.45, 7) is 0. The summed E-state index contributed by atoms with van der Waals surface area (Å²) in [7, 11) is 2.68. The number of hydrogen-bond donors (Lipinski definition) is 2. The van der Waals surface area contributed by atoms with Crippen LogP contribution in [0.1, 0.15) is 5.56 Å². The largest absolute Gasteiger partial charge is 0.478 e. The summed E-state index contributed by atoms with van der Waals surface area (Å²) in [4.78, 5) is 24.0. The van der Waals surface area contributed by atoms with Gasteiger partial charge in [-0.3, -0.25) is 4.79 Å². The molecular formula is C11H11Cl2NO4. The first-order valence-corrected chi connectivity index (χ1v) is 5.60. The summed E-state index contributed by atoms with van der Waals surface area (Å²) >= 11 is 11.4. The standard InChI is InChI=1S/C11H11Cl2NO4/c1-14(2)9(15)11(18,10(16)17)6-3-4-7(12)8(13)5-6/h3-5,18H,1-2H3,(H,16,17). The summed E-state index contributed by atoms with van der Waals surface area (Å²) < 4.78 is 0. The molecule has 0 fully saturated rings. The van der Waals surface area contributed by atoms with E-state index in [-0.39, 0.29) is 15.6 Å². The Morgan fingerprint density at radius 1 is 1.22 bits per heavy atom. The molecule has 7 heteroatoms. The fourth-order valence-electron chi connectivity index (χ4n) is 1.38. The molecule has 0 radical (unpaired) electrons. The molecular weight excluding hydrogens is 281 g/mol. The quantitative estimate of drug-likeness (QED) is 0.824. The molecule has 0 bridgehead atoms. The van der Waals surface area contributed by atoms with Crippen molar-refractivity contribution in [3.63, 3.8) is 0 Å². The minimum atomic E-state index is -2.68. The van der Waals surface area contributed by atoms with Gasteiger partial charge in [0.1, 0.15) is 0 Å². The third-order valence-electron chi connectivity index (χ3n) is 2.36. The van der Waals surface area contributed by atoms with E-state index in [1.165, 1.54) is 26.2 Å². The molecule has 5 nitrogen and oxygen atoms in total. The highest BCUT2D eigenvalue weighted by Crippen LogP contribution is 2.30. The number of carbonyl (C=O) groups is 2. The zero-order valence-corrected chi connectivity index (χ0v) is 11.2. The SMILES string of the molecule is CN(C)C(=O)C(O)(C(=O)O)c1ccc(Cl)c(Cl)c1. The molecule has 0 saturated carbocycles. The molecule has 1 rings (SSSR count). The van der Waals surface area contributed by atoms with Crippen molar-refractivity contribution in [2.75, 3.05) is 14.1 Å². The molecule has 0 saturated heterocycles. The normalized spacial score (nSPS) is 13.8. The average molecular weight is 292 g/mol. The Bertz CT molecular complexity index is 504. The van der Waals surface area contributed by atoms with Crippen molar-refractivity contribution >= 4 is 35.1 Å². The number of rotatable bonds is 3. The number of hydrogen-bond acceptors (Lipinski definition) is 3. The van der Waals surface area contributed by atoms with Crippen molar-refractivity contribution < 1.29 is 19.8 Å². The minimum Gasteiger partial charge on any atom is -0.478 e. The number of aliphatic hydroxyl groups is 1. The Balaban J connectivity index is 3.41. The Labute approximate surface area is 114 Å². The molecule has 1 amide bonds. The summed E-state index contributed by atoms with van der Waals surface area (Å²) in [6, 6.07) is 3.71. The van der Waals surface area contributed by atoms with Crippen LogP contribution < -0.4 is 0 Å². The van der Waals surface area contributed by atoms with Gasteiger partial charge in [-0.05, 0) is 12.1 Å². The van der Waals surface area contributed by atoms with Gasteiger partial charge in [0, 0.05) is 19.7 Å². The predicted molar refractivity (Wildman–Crippen MR) is 66.7 cm³/mol. The van der Waals surface area contributed by atoms with E-state index in [0.29, 0.717) is 0 Å². The van der Waals surface area contributed by atoms with Crippen molar-refractivity contribution in [1.82, 2.24) is 4.90 Å². The number of halogens is 2. The summed E-state index contributed by atoms with van der Waals surface area (Å²) in [6.07, 6.45) is 0. The molecule has 0 aliphatic carbocycles. The van der Waals surface area contributed by atoms with E-state index in [2.05, 4.69) is 0 Å². The van der Waals surface area contributed by atoms with Gasteiger partial charge < -0.3 is 15.1 Å². The fourth-order valence-corrected chi connectivity index (χ4v) is 1.68. The lowest BCUT2D eigenvalue weighted by molar-refractivity contribution is -0.171. The molecule has 1 aromatic carbocycles. The lowest BCUT2D eigenvalue weighted by Gasteiger charge is -2.26. The van der Waals surface area contributed by atoms with Gasteiger partial charge in [0.15, 0.2) is 0 Å². The van der Waals surface area contributed by atoms with E-state index in [9.17, 15) is 14.7 Å². The molecule has 0 heterocycles. The van der Waals surface area contributed by atoms with Crippen LogP contribution in [0.3, 0.4) is 0 Å². The highest BCUT2D eigenvalue weighted by Gasteiger charge is 2.47. The smallest absolute Gasteiger partial charge is 0.350 e. The van der Waals surface area contributed by atoms with Crippen LogP contribution in [0.15, 0.2) is 18.2 Å². The Hall–Kier alpha value is -1.30. The number of likely N-dealkylation sites (N-methyl/N-ethyl adjacent to an activating group) is 1. The van der Waals surface area contributed by atoms with Crippen LogP contribution in [0.2, 0.25) is 10.0 Å². The van der Waals surface area contributed by atoms with E-state index < -0.39 is 17.5 Å². The van der Waals surface area contributed by atoms with Crippen LogP contribution in [0, 0.1) is 0 Å². The van der Waals surface area contributed by atoms with Crippen molar-refractivity contribution in [1.29, 1.82) is 0 Å². The number of carboxylic acids is 1. The molecule has 2 N–H and O–H groups in total. The summed E-state index contributed by atoms with van der Waals surface area (Å²) in [5, 5.41) is 19.5. The summed E-state index contributed by atoms with van der Waals surface area (Å²) in [5.74, 6) is -2.66. The maximum absolute atomic E-state index is 11.8. The first kappa shape index (κ1) is 14.8. The number of aliphatic carboxylic acids is 1. The highest BCUT2D eigenvalue weighted by molar-refractivity contribution is 6.42. The van der Waals surface area contributed by atoms with Crippen LogP contribution in [-0.2, 0) is 15.2 Å². The molecule has 0 aliphatic heterocycles. The molecule has 1 unspecified atom stereocenters. The van der Waals surface area contributed by atoms with Crippen molar-refractivity contribution in [3.05, 3.63) is 33.8 Å². The molecule has 0 aromatic heterocycles. The summed E-state index contributed by atoms with van der Waals surface area (Å²) in [5.41, 5.74) is -2.83. The second kappa shape index (κ2) is 5.14. The first-order valence-electron chi connectivity index (χ1n) is 4.84. The van der Waals surface area contributed by atoms with Crippen LogP contribution >= 0.6 is 23.2 Å². The number of carbonyl (C=O) groups excluding carboxylic acids is 1. The van der Waals surface area contributed by atoms with Crippen molar-refractivity contribution in [2.45, 2.75) is 5.60 Å². The van der Waals surface area contributed by atoms with Gasteiger partial charge in [-0.25, -0.2) is 4.79 Å². The molecule has 1 atom stereocenters. The van der Waals surface area contributed by atoms with Crippen LogP contribution in [0.5, 0.6) is 0 Å². The Morgan fingerprint density at radius 2 is 1.78 bits per heavy atom. The van der Waals surface area contributed by atoms with E-state index in [1.807, 2.05) is 0 Å². The zero-order chi connectivity index (χ0) is 14.1. The third-order valence-corrected chi connectivity index (χ3v) is 3.10. The Morgan fingerprint density at radius 3 is 2.17 bits per heavy atom. The van der Waals surface area contributed by atoms with Crippen LogP contribution in [0.4, 0.5) is 0 Å². The van der Waals surface area contributed by atoms with Gasteiger partial charge in [0.05, 0.1) is 10.0 Å². The van der Waals surface area contributed by atoms with Gasteiger partial charge in [-0.1, -0.05) is 29.3 Å². The van der Waals surface area contributed by atoms with Gasteiger partial charge >= 0.3 is 5.97 Å². The van der Waals surface area contributed by atoms with Gasteiger partial charge in [-0.2, -0.15) is 0 Å². The zero-order valence-electron chi connectivity index (χ0n) is 9.65. The Kier molecular flexibility index (Phi) is 4.21. The molecule has 0 spiro atoms. The second-order valence-corrected chi connectivity index (χ2v) is 4.66. The maximum atomic E-state index is 11.8. The van der Waals surface area contributed by atoms with E-state index in [0.717, 1.165) is 11.0 Å². The van der Waals surface area contributed by atoms with E-state index >= 15 is 0 Å². The van der Waals surface area contributed by atoms with Crippen LogP contribution in [0.25, 0.3) is 0 Å². The van der Waals surface area contributed by atoms with Crippen molar-refractivity contribution in [2.24, 2.45) is 0 Å². The van der Waals surface area contributed by atoms with Crippen LogP contribution in [-0.4, -0.2) is 41.1 Å². The number of benzene rings is 1.